The van der Waals surface area contributed by atoms with Gasteiger partial charge in [0, 0.05) is 29.7 Å². The maximum atomic E-state index is 7.80. The molecule has 1 atom stereocenters. The summed E-state index contributed by atoms with van der Waals surface area (Å²) in [5.74, 6) is 1.87. The van der Waals surface area contributed by atoms with Gasteiger partial charge >= 0.3 is 0 Å². The van der Waals surface area contributed by atoms with Crippen molar-refractivity contribution in [3.05, 3.63) is 48.0 Å². The Labute approximate surface area is 140 Å². The predicted molar refractivity (Wildman–Crippen MR) is 92.8 cm³/mol. The van der Waals surface area contributed by atoms with Crippen molar-refractivity contribution in [3.8, 4) is 11.6 Å². The largest absolute Gasteiger partial charge is 0.439 e. The zero-order valence-corrected chi connectivity index (χ0v) is 13.7. The summed E-state index contributed by atoms with van der Waals surface area (Å²) in [7, 11) is 0. The van der Waals surface area contributed by atoms with Gasteiger partial charge < -0.3 is 14.6 Å². The van der Waals surface area contributed by atoms with Gasteiger partial charge in [-0.2, -0.15) is 0 Å². The van der Waals surface area contributed by atoms with Crippen LogP contribution < -0.4 is 10.1 Å². The van der Waals surface area contributed by atoms with Crippen LogP contribution in [0.25, 0.3) is 10.9 Å². The molecular formula is C18H19N5O. The minimum Gasteiger partial charge on any atom is -0.439 e. The zero-order chi connectivity index (χ0) is 16.7. The summed E-state index contributed by atoms with van der Waals surface area (Å²) in [6, 6.07) is 8.24. The van der Waals surface area contributed by atoms with Crippen LogP contribution in [0.2, 0.25) is 0 Å². The summed E-state index contributed by atoms with van der Waals surface area (Å²) >= 11 is 0. The van der Waals surface area contributed by atoms with Gasteiger partial charge in [-0.1, -0.05) is 0 Å². The van der Waals surface area contributed by atoms with Crippen LogP contribution in [0.1, 0.15) is 25.1 Å². The van der Waals surface area contributed by atoms with Crippen molar-refractivity contribution < 1.29 is 4.74 Å². The third-order valence-electron chi connectivity index (χ3n) is 4.36. The van der Waals surface area contributed by atoms with Crippen molar-refractivity contribution in [3.63, 3.8) is 0 Å². The van der Waals surface area contributed by atoms with E-state index in [4.69, 9.17) is 10.1 Å². The Morgan fingerprint density at radius 3 is 3.04 bits per heavy atom. The quantitative estimate of drug-likeness (QED) is 0.562. The van der Waals surface area contributed by atoms with Crippen LogP contribution in [0.3, 0.4) is 0 Å². The number of fused-ring (bicyclic) bond motifs is 2. The lowest BCUT2D eigenvalue weighted by Gasteiger charge is -2.23. The SMILES string of the molecule is CC(=N)n1ccc2cc(Oc3ncnc4c3CC(C)NC4)ccc21. The lowest BCUT2D eigenvalue weighted by molar-refractivity contribution is 0.430. The third kappa shape index (κ3) is 2.55. The molecule has 2 aromatic heterocycles. The predicted octanol–water partition coefficient (Wildman–Crippen LogP) is 3.10. The van der Waals surface area contributed by atoms with E-state index in [1.807, 2.05) is 35.0 Å². The lowest BCUT2D eigenvalue weighted by atomic mass is 10.0. The first-order valence-corrected chi connectivity index (χ1v) is 8.02. The Morgan fingerprint density at radius 1 is 1.33 bits per heavy atom. The first kappa shape index (κ1) is 14.8. The molecule has 3 heterocycles. The topological polar surface area (TPSA) is 75.8 Å². The van der Waals surface area contributed by atoms with Crippen LogP contribution in [0, 0.1) is 5.41 Å². The molecule has 6 nitrogen and oxygen atoms in total. The maximum absolute atomic E-state index is 7.80. The van der Waals surface area contributed by atoms with Crippen LogP contribution in [0.4, 0.5) is 0 Å². The molecule has 0 saturated heterocycles. The summed E-state index contributed by atoms with van der Waals surface area (Å²) in [5, 5.41) is 12.2. The van der Waals surface area contributed by atoms with Gasteiger partial charge in [-0.15, -0.1) is 0 Å². The Kier molecular flexibility index (Phi) is 3.54. The molecule has 0 bridgehead atoms. The fourth-order valence-corrected chi connectivity index (χ4v) is 3.11. The molecule has 0 spiro atoms. The first-order valence-electron chi connectivity index (χ1n) is 8.02. The van der Waals surface area contributed by atoms with Crippen LogP contribution in [0.15, 0.2) is 36.8 Å². The standard InChI is InChI=1S/C18H19N5O/c1-11-7-15-16(9-20-11)21-10-22-18(15)24-14-3-4-17-13(8-14)5-6-23(17)12(2)19/h3-6,8,10-11,19-20H,7,9H2,1-2H3. The molecule has 122 valence electrons. The van der Waals surface area contributed by atoms with Gasteiger partial charge in [0.1, 0.15) is 17.9 Å². The molecule has 24 heavy (non-hydrogen) atoms. The Balaban J connectivity index is 1.69. The summed E-state index contributed by atoms with van der Waals surface area (Å²) in [5.41, 5.74) is 3.08. The number of benzene rings is 1. The molecule has 6 heteroatoms. The summed E-state index contributed by atoms with van der Waals surface area (Å²) in [6.45, 7) is 4.66. The highest BCUT2D eigenvalue weighted by Gasteiger charge is 2.21. The second kappa shape index (κ2) is 5.72. The van der Waals surface area contributed by atoms with Crippen LogP contribution >= 0.6 is 0 Å². The highest BCUT2D eigenvalue weighted by molar-refractivity contribution is 5.93. The van der Waals surface area contributed by atoms with E-state index in [0.717, 1.165) is 40.9 Å². The molecule has 0 fully saturated rings. The fourth-order valence-electron chi connectivity index (χ4n) is 3.11. The molecule has 0 amide bonds. The molecule has 1 aromatic carbocycles. The highest BCUT2D eigenvalue weighted by atomic mass is 16.5. The number of rotatable bonds is 2. The Hall–Kier alpha value is -2.73. The van der Waals surface area contributed by atoms with E-state index in [9.17, 15) is 0 Å². The highest BCUT2D eigenvalue weighted by Crippen LogP contribution is 2.30. The van der Waals surface area contributed by atoms with Crippen LogP contribution in [-0.2, 0) is 13.0 Å². The number of ether oxygens (including phenoxy) is 1. The second-order valence-corrected chi connectivity index (χ2v) is 6.18. The number of hydrogen-bond donors (Lipinski definition) is 2. The van der Waals surface area contributed by atoms with Crippen LogP contribution in [-0.4, -0.2) is 26.4 Å². The summed E-state index contributed by atoms with van der Waals surface area (Å²) in [4.78, 5) is 8.68. The zero-order valence-electron chi connectivity index (χ0n) is 13.7. The number of aromatic nitrogens is 3. The number of hydrogen-bond acceptors (Lipinski definition) is 5. The monoisotopic (exact) mass is 321 g/mol. The van der Waals surface area contributed by atoms with E-state index in [0.29, 0.717) is 17.8 Å². The molecule has 0 radical (unpaired) electrons. The van der Waals surface area contributed by atoms with Crippen molar-refractivity contribution in [2.75, 3.05) is 0 Å². The van der Waals surface area contributed by atoms with E-state index in [1.165, 1.54) is 0 Å². The van der Waals surface area contributed by atoms with Crippen molar-refractivity contribution >= 4 is 16.7 Å². The molecule has 2 N–H and O–H groups in total. The molecule has 4 rings (SSSR count). The van der Waals surface area contributed by atoms with Gasteiger partial charge in [0.05, 0.1) is 11.2 Å². The molecule has 3 aromatic rings. The van der Waals surface area contributed by atoms with Gasteiger partial charge in [-0.25, -0.2) is 9.97 Å². The number of nitrogens with zero attached hydrogens (tertiary/aromatic N) is 3. The normalized spacial score (nSPS) is 16.8. The molecule has 0 aliphatic carbocycles. The number of nitrogens with one attached hydrogen (secondary N) is 2. The van der Waals surface area contributed by atoms with Gasteiger partial charge in [-0.3, -0.25) is 5.41 Å². The molecular weight excluding hydrogens is 302 g/mol. The van der Waals surface area contributed by atoms with E-state index in [2.05, 4.69) is 22.2 Å². The fraction of sp³-hybridized carbons (Fsp3) is 0.278. The summed E-state index contributed by atoms with van der Waals surface area (Å²) < 4.78 is 7.91. The Bertz CT molecular complexity index is 930. The van der Waals surface area contributed by atoms with Crippen molar-refractivity contribution in [2.45, 2.75) is 32.9 Å². The van der Waals surface area contributed by atoms with E-state index in [-0.39, 0.29) is 0 Å². The second-order valence-electron chi connectivity index (χ2n) is 6.18. The van der Waals surface area contributed by atoms with Crippen LogP contribution in [0.5, 0.6) is 11.6 Å². The van der Waals surface area contributed by atoms with Crippen molar-refractivity contribution in [2.24, 2.45) is 0 Å². The average molecular weight is 321 g/mol. The third-order valence-corrected chi connectivity index (χ3v) is 4.36. The maximum Gasteiger partial charge on any atom is 0.225 e. The smallest absolute Gasteiger partial charge is 0.225 e. The molecule has 1 aliphatic rings. The van der Waals surface area contributed by atoms with Gasteiger partial charge in [0.25, 0.3) is 0 Å². The first-order chi connectivity index (χ1) is 11.6. The van der Waals surface area contributed by atoms with Gasteiger partial charge in [-0.05, 0) is 44.5 Å². The summed E-state index contributed by atoms with van der Waals surface area (Å²) in [6.07, 6.45) is 4.31. The average Bonchev–Trinajstić information content (AvgIpc) is 2.99. The molecule has 1 unspecified atom stereocenters. The van der Waals surface area contributed by atoms with E-state index in [1.54, 1.807) is 13.3 Å². The lowest BCUT2D eigenvalue weighted by Crippen LogP contribution is -2.33. The van der Waals surface area contributed by atoms with Crippen molar-refractivity contribution in [1.82, 2.24) is 19.9 Å². The minimum atomic E-state index is 0.387. The molecule has 1 aliphatic heterocycles. The van der Waals surface area contributed by atoms with Crippen molar-refractivity contribution in [1.29, 1.82) is 5.41 Å². The van der Waals surface area contributed by atoms with Gasteiger partial charge in [0.2, 0.25) is 5.88 Å². The van der Waals surface area contributed by atoms with E-state index < -0.39 is 0 Å². The minimum absolute atomic E-state index is 0.387. The van der Waals surface area contributed by atoms with Gasteiger partial charge in [0.15, 0.2) is 0 Å². The van der Waals surface area contributed by atoms with E-state index >= 15 is 0 Å². The molecule has 0 saturated carbocycles. The Morgan fingerprint density at radius 2 is 2.21 bits per heavy atom.